The summed E-state index contributed by atoms with van der Waals surface area (Å²) in [5, 5.41) is 0. The molecule has 0 aromatic carbocycles. The van der Waals surface area contributed by atoms with Gasteiger partial charge in [0.2, 0.25) is 0 Å². The topological polar surface area (TPSA) is 41.6 Å². The fourth-order valence-corrected chi connectivity index (χ4v) is 1.41. The van der Waals surface area contributed by atoms with Crippen molar-refractivity contribution in [1.29, 1.82) is 0 Å². The van der Waals surface area contributed by atoms with E-state index >= 15 is 0 Å². The standard InChI is InChI=1S/C9H8BrN3/c1-6-5-12-9(13-6)8-4-7(10)2-3-11-8/h2-5H,1H3,(H,12,13). The van der Waals surface area contributed by atoms with Crippen LogP contribution in [0.1, 0.15) is 5.69 Å². The van der Waals surface area contributed by atoms with Crippen LogP contribution in [-0.4, -0.2) is 15.0 Å². The highest BCUT2D eigenvalue weighted by atomic mass is 79.9. The largest absolute Gasteiger partial charge is 0.341 e. The van der Waals surface area contributed by atoms with Gasteiger partial charge in [0, 0.05) is 22.6 Å². The number of nitrogens with one attached hydrogen (secondary N) is 1. The van der Waals surface area contributed by atoms with E-state index in [0.717, 1.165) is 21.7 Å². The molecule has 0 radical (unpaired) electrons. The summed E-state index contributed by atoms with van der Waals surface area (Å²) in [6.07, 6.45) is 3.54. The minimum atomic E-state index is 0.804. The third kappa shape index (κ3) is 1.78. The van der Waals surface area contributed by atoms with E-state index in [0.29, 0.717) is 0 Å². The van der Waals surface area contributed by atoms with Crippen LogP contribution >= 0.6 is 15.9 Å². The molecule has 2 heterocycles. The van der Waals surface area contributed by atoms with Gasteiger partial charge < -0.3 is 4.98 Å². The molecule has 2 aromatic rings. The van der Waals surface area contributed by atoms with E-state index in [1.54, 1.807) is 12.4 Å². The normalized spacial score (nSPS) is 10.3. The first-order chi connectivity index (χ1) is 6.25. The molecule has 0 amide bonds. The molecule has 4 heteroatoms. The van der Waals surface area contributed by atoms with Gasteiger partial charge in [-0.15, -0.1) is 0 Å². The van der Waals surface area contributed by atoms with Gasteiger partial charge in [0.1, 0.15) is 5.69 Å². The first-order valence-electron chi connectivity index (χ1n) is 3.89. The first-order valence-corrected chi connectivity index (χ1v) is 4.68. The number of pyridine rings is 1. The molecule has 0 saturated carbocycles. The predicted molar refractivity (Wildman–Crippen MR) is 54.3 cm³/mol. The molecule has 0 aliphatic heterocycles. The summed E-state index contributed by atoms with van der Waals surface area (Å²) >= 11 is 3.38. The van der Waals surface area contributed by atoms with Crippen LogP contribution in [0.15, 0.2) is 29.0 Å². The lowest BCUT2D eigenvalue weighted by Crippen LogP contribution is -1.84. The van der Waals surface area contributed by atoms with Gasteiger partial charge in [-0.05, 0) is 19.1 Å². The molecule has 0 aliphatic carbocycles. The van der Waals surface area contributed by atoms with Gasteiger partial charge in [0.15, 0.2) is 5.82 Å². The molecule has 13 heavy (non-hydrogen) atoms. The van der Waals surface area contributed by atoms with E-state index in [4.69, 9.17) is 0 Å². The fourth-order valence-electron chi connectivity index (χ4n) is 1.08. The molecule has 2 aromatic heterocycles. The zero-order valence-corrected chi connectivity index (χ0v) is 8.67. The van der Waals surface area contributed by atoms with Crippen molar-refractivity contribution in [3.63, 3.8) is 0 Å². The minimum absolute atomic E-state index is 0.804. The molecule has 0 saturated heterocycles. The Morgan fingerprint density at radius 3 is 2.85 bits per heavy atom. The average Bonchev–Trinajstić information content (AvgIpc) is 2.52. The van der Waals surface area contributed by atoms with Gasteiger partial charge in [-0.1, -0.05) is 15.9 Å². The molecule has 0 unspecified atom stereocenters. The summed E-state index contributed by atoms with van der Waals surface area (Å²) < 4.78 is 1.01. The van der Waals surface area contributed by atoms with E-state index in [1.807, 2.05) is 19.1 Å². The molecule has 0 atom stereocenters. The molecule has 0 bridgehead atoms. The van der Waals surface area contributed by atoms with Crippen LogP contribution in [0.2, 0.25) is 0 Å². The van der Waals surface area contributed by atoms with Gasteiger partial charge in [0.25, 0.3) is 0 Å². The number of H-pyrrole nitrogens is 1. The highest BCUT2D eigenvalue weighted by Gasteiger charge is 2.02. The lowest BCUT2D eigenvalue weighted by atomic mass is 10.3. The number of hydrogen-bond acceptors (Lipinski definition) is 2. The number of imidazole rings is 1. The molecule has 0 aliphatic rings. The van der Waals surface area contributed by atoms with Crippen LogP contribution in [0.3, 0.4) is 0 Å². The Balaban J connectivity index is 2.46. The summed E-state index contributed by atoms with van der Waals surface area (Å²) in [7, 11) is 0. The van der Waals surface area contributed by atoms with E-state index in [1.165, 1.54) is 0 Å². The van der Waals surface area contributed by atoms with Crippen LogP contribution in [0.25, 0.3) is 11.5 Å². The Kier molecular flexibility index (Phi) is 2.14. The molecule has 1 N–H and O–H groups in total. The van der Waals surface area contributed by atoms with Crippen LogP contribution in [0.5, 0.6) is 0 Å². The van der Waals surface area contributed by atoms with E-state index in [9.17, 15) is 0 Å². The van der Waals surface area contributed by atoms with E-state index in [2.05, 4.69) is 30.9 Å². The lowest BCUT2D eigenvalue weighted by molar-refractivity contribution is 1.20. The molecule has 2 rings (SSSR count). The van der Waals surface area contributed by atoms with Crippen molar-refractivity contribution < 1.29 is 0 Å². The Morgan fingerprint density at radius 1 is 1.38 bits per heavy atom. The lowest BCUT2D eigenvalue weighted by Gasteiger charge is -1.95. The summed E-state index contributed by atoms with van der Waals surface area (Å²) in [6, 6.07) is 3.82. The Morgan fingerprint density at radius 2 is 2.23 bits per heavy atom. The van der Waals surface area contributed by atoms with Gasteiger partial charge in [-0.3, -0.25) is 4.98 Å². The van der Waals surface area contributed by atoms with Crippen molar-refractivity contribution >= 4 is 15.9 Å². The number of halogens is 1. The summed E-state index contributed by atoms with van der Waals surface area (Å²) in [5.41, 5.74) is 1.89. The summed E-state index contributed by atoms with van der Waals surface area (Å²) in [6.45, 7) is 1.97. The molecule has 3 nitrogen and oxygen atoms in total. The summed E-state index contributed by atoms with van der Waals surface area (Å²) in [4.78, 5) is 11.5. The van der Waals surface area contributed by atoms with Crippen LogP contribution in [-0.2, 0) is 0 Å². The van der Waals surface area contributed by atoms with Crippen molar-refractivity contribution in [2.45, 2.75) is 6.92 Å². The fraction of sp³-hybridized carbons (Fsp3) is 0.111. The number of hydrogen-bond donors (Lipinski definition) is 1. The second-order valence-electron chi connectivity index (χ2n) is 2.77. The highest BCUT2D eigenvalue weighted by Crippen LogP contribution is 2.17. The third-order valence-electron chi connectivity index (χ3n) is 1.67. The molecular formula is C9H8BrN3. The zero-order valence-electron chi connectivity index (χ0n) is 7.08. The SMILES string of the molecule is Cc1cnc(-c2cc(Br)ccn2)[nH]1. The Labute approximate surface area is 84.4 Å². The Bertz CT molecular complexity index is 422. The average molecular weight is 238 g/mol. The zero-order chi connectivity index (χ0) is 9.26. The van der Waals surface area contributed by atoms with Crippen LogP contribution in [0, 0.1) is 6.92 Å². The highest BCUT2D eigenvalue weighted by molar-refractivity contribution is 9.10. The predicted octanol–water partition coefficient (Wildman–Crippen LogP) is 2.54. The molecule has 66 valence electrons. The maximum absolute atomic E-state index is 4.20. The maximum atomic E-state index is 4.20. The Hall–Kier alpha value is -1.16. The van der Waals surface area contributed by atoms with E-state index in [-0.39, 0.29) is 0 Å². The van der Waals surface area contributed by atoms with Gasteiger partial charge in [-0.25, -0.2) is 4.98 Å². The minimum Gasteiger partial charge on any atom is -0.341 e. The third-order valence-corrected chi connectivity index (χ3v) is 2.16. The first kappa shape index (κ1) is 8.44. The van der Waals surface area contributed by atoms with Gasteiger partial charge >= 0.3 is 0 Å². The smallest absolute Gasteiger partial charge is 0.156 e. The maximum Gasteiger partial charge on any atom is 0.156 e. The van der Waals surface area contributed by atoms with Crippen molar-refractivity contribution in [2.24, 2.45) is 0 Å². The number of aryl methyl sites for hydroxylation is 1. The van der Waals surface area contributed by atoms with Gasteiger partial charge in [0.05, 0.1) is 0 Å². The number of nitrogens with zero attached hydrogens (tertiary/aromatic N) is 2. The number of rotatable bonds is 1. The molecular weight excluding hydrogens is 230 g/mol. The molecule has 0 fully saturated rings. The van der Waals surface area contributed by atoms with Crippen molar-refractivity contribution in [1.82, 2.24) is 15.0 Å². The second-order valence-corrected chi connectivity index (χ2v) is 3.69. The molecule has 0 spiro atoms. The van der Waals surface area contributed by atoms with Crippen molar-refractivity contribution in [3.8, 4) is 11.5 Å². The van der Waals surface area contributed by atoms with Crippen LogP contribution in [0.4, 0.5) is 0 Å². The number of aromatic amines is 1. The van der Waals surface area contributed by atoms with E-state index < -0.39 is 0 Å². The monoisotopic (exact) mass is 237 g/mol. The summed E-state index contributed by atoms with van der Waals surface area (Å²) in [5.74, 6) is 0.804. The second kappa shape index (κ2) is 3.30. The van der Waals surface area contributed by atoms with Crippen molar-refractivity contribution in [3.05, 3.63) is 34.7 Å². The van der Waals surface area contributed by atoms with Crippen LogP contribution < -0.4 is 0 Å². The quantitative estimate of drug-likeness (QED) is 0.829. The number of aromatic nitrogens is 3. The van der Waals surface area contributed by atoms with Gasteiger partial charge in [-0.2, -0.15) is 0 Å². The van der Waals surface area contributed by atoms with Crippen molar-refractivity contribution in [2.75, 3.05) is 0 Å².